The van der Waals surface area contributed by atoms with Crippen molar-refractivity contribution in [2.24, 2.45) is 0 Å². The average Bonchev–Trinajstić information content (AvgIpc) is 2.68. The number of allylic oxidation sites excluding steroid dienone is 4. The Hall–Kier alpha value is -3.41. The zero-order valence-electron chi connectivity index (χ0n) is 18.0. The van der Waals surface area contributed by atoms with Crippen molar-refractivity contribution in [3.8, 4) is 28.7 Å². The minimum absolute atomic E-state index is 0.0352. The second kappa shape index (κ2) is 9.16. The van der Waals surface area contributed by atoms with Crippen LogP contribution >= 0.6 is 0 Å². The van der Waals surface area contributed by atoms with Gasteiger partial charge in [0.25, 0.3) is 0 Å². The fraction of sp³-hybridized carbons (Fsp3) is 0.320. The van der Waals surface area contributed by atoms with Crippen molar-refractivity contribution in [3.63, 3.8) is 0 Å². The topological polar surface area (TPSA) is 107 Å². The summed E-state index contributed by atoms with van der Waals surface area (Å²) in [7, 11) is 0. The number of benzene rings is 2. The molecule has 6 nitrogen and oxygen atoms in total. The third-order valence-corrected chi connectivity index (χ3v) is 5.38. The fourth-order valence-electron chi connectivity index (χ4n) is 3.59. The van der Waals surface area contributed by atoms with E-state index in [-0.39, 0.29) is 52.1 Å². The highest BCUT2D eigenvalue weighted by molar-refractivity contribution is 6.03. The number of aromatic hydroxyl groups is 4. The molecule has 164 valence electrons. The number of rotatable bonds is 6. The van der Waals surface area contributed by atoms with Crippen LogP contribution in [0.5, 0.6) is 28.7 Å². The third kappa shape index (κ3) is 5.02. The lowest BCUT2D eigenvalue weighted by atomic mass is 9.92. The fourth-order valence-corrected chi connectivity index (χ4v) is 3.59. The molecular formula is C25H28O6. The van der Waals surface area contributed by atoms with Crippen LogP contribution in [0.1, 0.15) is 67.6 Å². The maximum Gasteiger partial charge on any atom is 0.174 e. The predicted octanol–water partition coefficient (Wildman–Crippen LogP) is 5.45. The molecule has 4 N–H and O–H groups in total. The van der Waals surface area contributed by atoms with Crippen LogP contribution < -0.4 is 4.74 Å². The van der Waals surface area contributed by atoms with E-state index in [1.807, 2.05) is 13.0 Å². The Balaban J connectivity index is 1.84. The van der Waals surface area contributed by atoms with Crippen LogP contribution in [0.4, 0.5) is 0 Å². The number of phenolic OH excluding ortho intramolecular Hbond substituents is 4. The van der Waals surface area contributed by atoms with Gasteiger partial charge in [-0.05, 0) is 57.7 Å². The first kappa shape index (κ1) is 22.3. The van der Waals surface area contributed by atoms with Gasteiger partial charge in [-0.3, -0.25) is 4.79 Å². The number of ether oxygens (including phenoxy) is 1. The van der Waals surface area contributed by atoms with Crippen molar-refractivity contribution in [3.05, 3.63) is 64.3 Å². The molecule has 0 bridgehead atoms. The summed E-state index contributed by atoms with van der Waals surface area (Å²) in [6, 6.07) is 5.55. The Labute approximate surface area is 181 Å². The van der Waals surface area contributed by atoms with Crippen molar-refractivity contribution in [1.82, 2.24) is 0 Å². The molecule has 0 saturated heterocycles. The standard InChI is InChI=1S/C25H28O6/c1-14(2)5-4-6-15(3)7-9-17-19(27)12-23-24(25(17)30)21(29)13-22(31-23)16-8-10-18(26)20(28)11-16/h5,7-8,10-12,22,26-28,30H,4,6,9,13H2,1-3H3. The molecule has 6 heteroatoms. The summed E-state index contributed by atoms with van der Waals surface area (Å²) in [5, 5.41) is 40.4. The molecule has 1 atom stereocenters. The highest BCUT2D eigenvalue weighted by atomic mass is 16.5. The van der Waals surface area contributed by atoms with Crippen LogP contribution in [-0.2, 0) is 6.42 Å². The van der Waals surface area contributed by atoms with Gasteiger partial charge in [-0.25, -0.2) is 0 Å². The summed E-state index contributed by atoms with van der Waals surface area (Å²) in [6.07, 6.45) is 5.46. The van der Waals surface area contributed by atoms with Gasteiger partial charge < -0.3 is 25.2 Å². The highest BCUT2D eigenvalue weighted by Crippen LogP contribution is 2.45. The summed E-state index contributed by atoms with van der Waals surface area (Å²) in [5.74, 6) is -1.21. The van der Waals surface area contributed by atoms with E-state index in [1.54, 1.807) is 6.07 Å². The zero-order valence-corrected chi connectivity index (χ0v) is 18.0. The number of hydrogen-bond acceptors (Lipinski definition) is 6. The van der Waals surface area contributed by atoms with Crippen molar-refractivity contribution in [2.75, 3.05) is 0 Å². The van der Waals surface area contributed by atoms with E-state index in [0.717, 1.165) is 18.4 Å². The van der Waals surface area contributed by atoms with Crippen molar-refractivity contribution >= 4 is 5.78 Å². The molecular weight excluding hydrogens is 396 g/mol. The Kier molecular flexibility index (Phi) is 6.59. The molecule has 0 aromatic heterocycles. The molecule has 1 heterocycles. The van der Waals surface area contributed by atoms with Crippen LogP contribution in [0.3, 0.4) is 0 Å². The van der Waals surface area contributed by atoms with E-state index >= 15 is 0 Å². The highest BCUT2D eigenvalue weighted by Gasteiger charge is 2.32. The minimum Gasteiger partial charge on any atom is -0.507 e. The predicted molar refractivity (Wildman–Crippen MR) is 118 cm³/mol. The summed E-state index contributed by atoms with van der Waals surface area (Å²) in [4.78, 5) is 12.8. The van der Waals surface area contributed by atoms with E-state index in [0.29, 0.717) is 12.0 Å². The van der Waals surface area contributed by atoms with E-state index in [2.05, 4.69) is 19.9 Å². The van der Waals surface area contributed by atoms with E-state index in [9.17, 15) is 25.2 Å². The first-order valence-electron chi connectivity index (χ1n) is 10.3. The maximum absolute atomic E-state index is 12.8. The minimum atomic E-state index is -0.701. The van der Waals surface area contributed by atoms with Gasteiger partial charge in [-0.1, -0.05) is 29.4 Å². The van der Waals surface area contributed by atoms with Crippen LogP contribution in [0, 0.1) is 0 Å². The lowest BCUT2D eigenvalue weighted by Crippen LogP contribution is -2.21. The number of ketones is 1. The van der Waals surface area contributed by atoms with Crippen LogP contribution in [0.25, 0.3) is 0 Å². The zero-order chi connectivity index (χ0) is 22.7. The van der Waals surface area contributed by atoms with Gasteiger partial charge in [0.05, 0.1) is 6.42 Å². The normalized spacial score (nSPS) is 15.9. The molecule has 0 radical (unpaired) electrons. The van der Waals surface area contributed by atoms with Crippen LogP contribution in [0.2, 0.25) is 0 Å². The molecule has 31 heavy (non-hydrogen) atoms. The molecule has 0 aliphatic carbocycles. The smallest absolute Gasteiger partial charge is 0.174 e. The van der Waals surface area contributed by atoms with Gasteiger partial charge in [0.15, 0.2) is 17.3 Å². The number of fused-ring (bicyclic) bond motifs is 1. The number of phenols is 4. The molecule has 2 aromatic rings. The average molecular weight is 424 g/mol. The summed E-state index contributed by atoms with van der Waals surface area (Å²) in [6.45, 7) is 6.10. The second-order valence-corrected chi connectivity index (χ2v) is 8.15. The van der Waals surface area contributed by atoms with E-state index < -0.39 is 6.10 Å². The summed E-state index contributed by atoms with van der Waals surface area (Å²) >= 11 is 0. The molecule has 0 fully saturated rings. The van der Waals surface area contributed by atoms with E-state index in [4.69, 9.17) is 4.74 Å². The number of Topliss-reactive ketones (excluding diaryl/α,β-unsaturated/α-hetero) is 1. The Morgan fingerprint density at radius 3 is 2.45 bits per heavy atom. The van der Waals surface area contributed by atoms with Crippen LogP contribution in [0.15, 0.2) is 47.6 Å². The quantitative estimate of drug-likeness (QED) is 0.363. The van der Waals surface area contributed by atoms with Crippen molar-refractivity contribution in [2.45, 2.75) is 52.6 Å². The first-order valence-corrected chi connectivity index (χ1v) is 10.3. The SMILES string of the molecule is CC(C)=CCCC(C)=CCc1c(O)cc2c(c1O)C(=O)CC(c1ccc(O)c(O)c1)O2. The van der Waals surface area contributed by atoms with Gasteiger partial charge in [-0.15, -0.1) is 0 Å². The maximum atomic E-state index is 12.8. The summed E-state index contributed by atoms with van der Waals surface area (Å²) < 4.78 is 5.85. The number of hydrogen-bond donors (Lipinski definition) is 4. The largest absolute Gasteiger partial charge is 0.507 e. The Morgan fingerprint density at radius 2 is 1.77 bits per heavy atom. The van der Waals surface area contributed by atoms with Gasteiger partial charge in [0.1, 0.15) is 28.9 Å². The monoisotopic (exact) mass is 424 g/mol. The second-order valence-electron chi connectivity index (χ2n) is 8.15. The van der Waals surface area contributed by atoms with Gasteiger partial charge in [-0.2, -0.15) is 0 Å². The number of carbonyl (C=O) groups is 1. The molecule has 1 aliphatic heterocycles. The van der Waals surface area contributed by atoms with Crippen LogP contribution in [-0.4, -0.2) is 26.2 Å². The molecule has 0 spiro atoms. The molecule has 0 saturated carbocycles. The molecule has 1 unspecified atom stereocenters. The van der Waals surface area contributed by atoms with Gasteiger partial charge in [0.2, 0.25) is 0 Å². The molecule has 3 rings (SSSR count). The number of carbonyl (C=O) groups excluding carboxylic acids is 1. The first-order chi connectivity index (χ1) is 14.7. The molecule has 0 amide bonds. The lowest BCUT2D eigenvalue weighted by molar-refractivity contribution is 0.0844. The van der Waals surface area contributed by atoms with E-state index in [1.165, 1.54) is 23.8 Å². The molecule has 2 aromatic carbocycles. The third-order valence-electron chi connectivity index (χ3n) is 5.38. The summed E-state index contributed by atoms with van der Waals surface area (Å²) in [5.41, 5.74) is 3.24. The van der Waals surface area contributed by atoms with Crippen molar-refractivity contribution < 1.29 is 30.0 Å². The van der Waals surface area contributed by atoms with Gasteiger partial charge in [0, 0.05) is 11.6 Å². The lowest BCUT2D eigenvalue weighted by Gasteiger charge is -2.27. The Morgan fingerprint density at radius 1 is 1.03 bits per heavy atom. The van der Waals surface area contributed by atoms with Gasteiger partial charge >= 0.3 is 0 Å². The molecule has 1 aliphatic rings. The van der Waals surface area contributed by atoms with Crippen molar-refractivity contribution in [1.29, 1.82) is 0 Å². The Bertz CT molecular complexity index is 1060.